The molecular formula is C20H22N2O6. The summed E-state index contributed by atoms with van der Waals surface area (Å²) < 4.78 is 5.13. The van der Waals surface area contributed by atoms with E-state index in [2.05, 4.69) is 10.6 Å². The molecule has 2 aromatic carbocycles. The molecule has 8 heteroatoms. The van der Waals surface area contributed by atoms with Crippen molar-refractivity contribution in [3.8, 4) is 5.75 Å². The SMILES string of the molecule is CC(C)[C@H](NC(=O)OCc1ccccc1)C(=O)Nc1ccc(O)c(C(=O)O)c1. The van der Waals surface area contributed by atoms with Crippen molar-refractivity contribution < 1.29 is 29.3 Å². The van der Waals surface area contributed by atoms with Crippen LogP contribution in [-0.4, -0.2) is 34.2 Å². The number of nitrogens with one attached hydrogen (secondary N) is 2. The largest absolute Gasteiger partial charge is 0.507 e. The van der Waals surface area contributed by atoms with E-state index in [9.17, 15) is 19.5 Å². The quantitative estimate of drug-likeness (QED) is 0.542. The van der Waals surface area contributed by atoms with Crippen molar-refractivity contribution in [1.29, 1.82) is 0 Å². The van der Waals surface area contributed by atoms with E-state index in [1.165, 1.54) is 12.1 Å². The fourth-order valence-electron chi connectivity index (χ4n) is 2.43. The summed E-state index contributed by atoms with van der Waals surface area (Å²) >= 11 is 0. The number of anilines is 1. The lowest BCUT2D eigenvalue weighted by Gasteiger charge is -2.21. The van der Waals surface area contributed by atoms with Crippen molar-refractivity contribution in [2.75, 3.05) is 5.32 Å². The van der Waals surface area contributed by atoms with Gasteiger partial charge in [-0.15, -0.1) is 0 Å². The van der Waals surface area contributed by atoms with Gasteiger partial charge in [0, 0.05) is 5.69 Å². The first-order valence-corrected chi connectivity index (χ1v) is 8.62. The fourth-order valence-corrected chi connectivity index (χ4v) is 2.43. The van der Waals surface area contributed by atoms with Gasteiger partial charge in [-0.3, -0.25) is 4.79 Å². The number of phenols is 1. The normalized spacial score (nSPS) is 11.5. The van der Waals surface area contributed by atoms with E-state index >= 15 is 0 Å². The first-order valence-electron chi connectivity index (χ1n) is 8.62. The molecule has 28 heavy (non-hydrogen) atoms. The van der Waals surface area contributed by atoms with Gasteiger partial charge < -0.3 is 25.6 Å². The summed E-state index contributed by atoms with van der Waals surface area (Å²) in [6.07, 6.45) is -0.741. The van der Waals surface area contributed by atoms with Crippen molar-refractivity contribution in [2.24, 2.45) is 5.92 Å². The van der Waals surface area contributed by atoms with Gasteiger partial charge >= 0.3 is 12.1 Å². The number of amides is 2. The number of hydrogen-bond donors (Lipinski definition) is 4. The van der Waals surface area contributed by atoms with Gasteiger partial charge in [-0.2, -0.15) is 0 Å². The zero-order chi connectivity index (χ0) is 20.7. The lowest BCUT2D eigenvalue weighted by atomic mass is 10.0. The number of aromatic hydroxyl groups is 1. The molecule has 8 nitrogen and oxygen atoms in total. The highest BCUT2D eigenvalue weighted by atomic mass is 16.5. The smallest absolute Gasteiger partial charge is 0.408 e. The Kier molecular flexibility index (Phi) is 6.97. The summed E-state index contributed by atoms with van der Waals surface area (Å²) in [5.41, 5.74) is 0.660. The van der Waals surface area contributed by atoms with E-state index in [-0.39, 0.29) is 23.8 Å². The molecule has 0 heterocycles. The van der Waals surface area contributed by atoms with E-state index in [1.54, 1.807) is 13.8 Å². The Bertz CT molecular complexity index is 851. The average molecular weight is 386 g/mol. The maximum atomic E-state index is 12.5. The Morgan fingerprint density at radius 1 is 1.07 bits per heavy atom. The number of carboxylic acid groups (broad SMARTS) is 1. The van der Waals surface area contributed by atoms with Gasteiger partial charge in [0.05, 0.1) is 0 Å². The number of benzene rings is 2. The average Bonchev–Trinajstić information content (AvgIpc) is 2.66. The van der Waals surface area contributed by atoms with Crippen LogP contribution in [0, 0.1) is 5.92 Å². The van der Waals surface area contributed by atoms with Gasteiger partial charge in [-0.1, -0.05) is 44.2 Å². The van der Waals surface area contributed by atoms with Crippen LogP contribution in [0.1, 0.15) is 29.8 Å². The van der Waals surface area contributed by atoms with Crippen LogP contribution < -0.4 is 10.6 Å². The minimum atomic E-state index is -1.32. The molecule has 0 saturated carbocycles. The Morgan fingerprint density at radius 2 is 1.75 bits per heavy atom. The molecule has 0 aliphatic rings. The zero-order valence-electron chi connectivity index (χ0n) is 15.5. The van der Waals surface area contributed by atoms with Gasteiger partial charge in [-0.05, 0) is 29.7 Å². The molecule has 148 valence electrons. The van der Waals surface area contributed by atoms with Crippen molar-refractivity contribution >= 4 is 23.7 Å². The number of rotatable bonds is 7. The topological polar surface area (TPSA) is 125 Å². The maximum Gasteiger partial charge on any atom is 0.408 e. The number of carbonyl (C=O) groups is 3. The predicted octanol–water partition coefficient (Wildman–Crippen LogP) is 2.98. The van der Waals surface area contributed by atoms with E-state index < -0.39 is 29.8 Å². The molecule has 2 amide bonds. The second-order valence-corrected chi connectivity index (χ2v) is 6.45. The molecule has 0 aliphatic heterocycles. The third kappa shape index (κ3) is 5.73. The highest BCUT2D eigenvalue weighted by Gasteiger charge is 2.25. The van der Waals surface area contributed by atoms with E-state index in [1.807, 2.05) is 30.3 Å². The van der Waals surface area contributed by atoms with Crippen LogP contribution in [0.15, 0.2) is 48.5 Å². The molecule has 1 atom stereocenters. The molecule has 0 fully saturated rings. The third-order valence-electron chi connectivity index (χ3n) is 3.93. The van der Waals surface area contributed by atoms with Crippen molar-refractivity contribution in [2.45, 2.75) is 26.5 Å². The lowest BCUT2D eigenvalue weighted by Crippen LogP contribution is -2.47. The van der Waals surface area contributed by atoms with Crippen LogP contribution in [0.4, 0.5) is 10.5 Å². The number of carbonyl (C=O) groups excluding carboxylic acids is 2. The molecule has 2 aromatic rings. The molecule has 0 radical (unpaired) electrons. The molecule has 0 unspecified atom stereocenters. The zero-order valence-corrected chi connectivity index (χ0v) is 15.5. The van der Waals surface area contributed by atoms with Gasteiger partial charge in [0.1, 0.15) is 24.0 Å². The first kappa shape index (κ1) is 20.8. The summed E-state index contributed by atoms with van der Waals surface area (Å²) in [6.45, 7) is 3.57. The Labute approximate surface area is 162 Å². The monoisotopic (exact) mass is 386 g/mol. The van der Waals surface area contributed by atoms with Crippen molar-refractivity contribution in [3.05, 3.63) is 59.7 Å². The van der Waals surface area contributed by atoms with Crippen molar-refractivity contribution in [1.82, 2.24) is 5.32 Å². The van der Waals surface area contributed by atoms with Gasteiger partial charge in [0.2, 0.25) is 5.91 Å². The predicted molar refractivity (Wildman–Crippen MR) is 102 cm³/mol. The fraction of sp³-hybridized carbons (Fsp3) is 0.250. The van der Waals surface area contributed by atoms with Crippen LogP contribution in [0.2, 0.25) is 0 Å². The summed E-state index contributed by atoms with van der Waals surface area (Å²) in [6, 6.07) is 11.9. The van der Waals surface area contributed by atoms with E-state index in [4.69, 9.17) is 9.84 Å². The van der Waals surface area contributed by atoms with Crippen LogP contribution in [-0.2, 0) is 16.1 Å². The Hall–Kier alpha value is -3.55. The minimum Gasteiger partial charge on any atom is -0.507 e. The van der Waals surface area contributed by atoms with Gasteiger partial charge in [0.15, 0.2) is 0 Å². The van der Waals surface area contributed by atoms with Crippen LogP contribution in [0.3, 0.4) is 0 Å². The summed E-state index contributed by atoms with van der Waals surface area (Å²) in [5.74, 6) is -2.51. The van der Waals surface area contributed by atoms with Crippen LogP contribution in [0.5, 0.6) is 5.75 Å². The maximum absolute atomic E-state index is 12.5. The Morgan fingerprint density at radius 3 is 2.36 bits per heavy atom. The van der Waals surface area contributed by atoms with E-state index in [0.29, 0.717) is 0 Å². The first-order chi connectivity index (χ1) is 13.3. The molecule has 0 aromatic heterocycles. The number of ether oxygens (including phenoxy) is 1. The molecular weight excluding hydrogens is 364 g/mol. The van der Waals surface area contributed by atoms with E-state index in [0.717, 1.165) is 11.6 Å². The van der Waals surface area contributed by atoms with Crippen molar-refractivity contribution in [3.63, 3.8) is 0 Å². The number of carboxylic acids is 1. The van der Waals surface area contributed by atoms with Gasteiger partial charge in [-0.25, -0.2) is 9.59 Å². The summed E-state index contributed by atoms with van der Waals surface area (Å²) in [4.78, 5) is 35.7. The number of aromatic carboxylic acids is 1. The Balaban J connectivity index is 2.00. The summed E-state index contributed by atoms with van der Waals surface area (Å²) in [7, 11) is 0. The molecule has 0 saturated heterocycles. The molecule has 2 rings (SSSR count). The lowest BCUT2D eigenvalue weighted by molar-refractivity contribution is -0.119. The van der Waals surface area contributed by atoms with Crippen LogP contribution in [0.25, 0.3) is 0 Å². The second-order valence-electron chi connectivity index (χ2n) is 6.45. The molecule has 4 N–H and O–H groups in total. The third-order valence-corrected chi connectivity index (χ3v) is 3.93. The molecule has 0 bridgehead atoms. The molecule has 0 spiro atoms. The second kappa shape index (κ2) is 9.40. The van der Waals surface area contributed by atoms with Gasteiger partial charge in [0.25, 0.3) is 0 Å². The summed E-state index contributed by atoms with van der Waals surface area (Å²) in [5, 5.41) is 23.6. The minimum absolute atomic E-state index is 0.0685. The number of alkyl carbamates (subject to hydrolysis) is 1. The highest BCUT2D eigenvalue weighted by molar-refractivity contribution is 5.98. The standard InChI is InChI=1S/C20H22N2O6/c1-12(2)17(22-20(27)28-11-13-6-4-3-5-7-13)18(24)21-14-8-9-16(23)15(10-14)19(25)26/h3-10,12,17,23H,11H2,1-2H3,(H,21,24)(H,22,27)(H,25,26)/t17-/m0/s1. The number of hydrogen-bond acceptors (Lipinski definition) is 5. The highest BCUT2D eigenvalue weighted by Crippen LogP contribution is 2.22. The molecule has 0 aliphatic carbocycles. The van der Waals surface area contributed by atoms with Crippen LogP contribution >= 0.6 is 0 Å².